The van der Waals surface area contributed by atoms with Crippen molar-refractivity contribution in [1.29, 1.82) is 0 Å². The summed E-state index contributed by atoms with van der Waals surface area (Å²) < 4.78 is 3.24. The van der Waals surface area contributed by atoms with Gasteiger partial charge in [0.2, 0.25) is 0 Å². The monoisotopic (exact) mass is 667 g/mol. The highest BCUT2D eigenvalue weighted by Gasteiger charge is 2.40. The van der Waals surface area contributed by atoms with Crippen LogP contribution in [0.25, 0.3) is 11.8 Å². The highest BCUT2D eigenvalue weighted by molar-refractivity contribution is 9.11. The molecule has 0 bridgehead atoms. The average Bonchev–Trinajstić information content (AvgIpc) is 3.29. The molecule has 3 aliphatic heterocycles. The molecular weight excluding hydrogens is 650 g/mol. The molecule has 0 fully saturated rings. The molecule has 0 radical (unpaired) electrons. The SMILES string of the molecule is Brc1ccc(/C=C2/CNCC3=C2N=C2SC=C(c4ccc(Br)cc4)N2C3c2ccc(Br)cc2)cc1. The summed E-state index contributed by atoms with van der Waals surface area (Å²) >= 11 is 12.4. The topological polar surface area (TPSA) is 27.6 Å². The lowest BCUT2D eigenvalue weighted by Gasteiger charge is -2.40. The molecule has 3 nitrogen and oxygen atoms in total. The zero-order valence-electron chi connectivity index (χ0n) is 18.5. The van der Waals surface area contributed by atoms with Crippen molar-refractivity contribution in [3.05, 3.63) is 125 Å². The highest BCUT2D eigenvalue weighted by atomic mass is 79.9. The normalized spacial score (nSPS) is 20.5. The molecule has 1 N–H and O–H groups in total. The van der Waals surface area contributed by atoms with Crippen LogP contribution in [-0.4, -0.2) is 23.2 Å². The van der Waals surface area contributed by atoms with E-state index in [1.54, 1.807) is 11.8 Å². The molecule has 6 rings (SSSR count). The van der Waals surface area contributed by atoms with Crippen molar-refractivity contribution in [3.8, 4) is 0 Å². The van der Waals surface area contributed by atoms with Crippen LogP contribution in [0.1, 0.15) is 22.7 Å². The first kappa shape index (κ1) is 23.5. The Kier molecular flexibility index (Phi) is 6.62. The van der Waals surface area contributed by atoms with E-state index >= 15 is 0 Å². The number of hydrogen-bond acceptors (Lipinski definition) is 4. The summed E-state index contributed by atoms with van der Waals surface area (Å²) in [5.41, 5.74) is 8.44. The van der Waals surface area contributed by atoms with Gasteiger partial charge in [-0.05, 0) is 70.3 Å². The molecule has 1 atom stereocenters. The second-order valence-corrected chi connectivity index (χ2v) is 12.1. The summed E-state index contributed by atoms with van der Waals surface area (Å²) in [6, 6.07) is 25.7. The number of hydrogen-bond donors (Lipinski definition) is 1. The third-order valence-electron chi connectivity index (χ3n) is 6.31. The van der Waals surface area contributed by atoms with E-state index in [9.17, 15) is 0 Å². The molecule has 3 aliphatic rings. The Balaban J connectivity index is 1.48. The largest absolute Gasteiger partial charge is 0.309 e. The number of nitrogens with one attached hydrogen (secondary N) is 1. The van der Waals surface area contributed by atoms with Crippen LogP contribution in [0.5, 0.6) is 0 Å². The zero-order chi connectivity index (χ0) is 23.9. The number of halogens is 3. The summed E-state index contributed by atoms with van der Waals surface area (Å²) in [5.74, 6) is 0. The number of rotatable bonds is 3. The van der Waals surface area contributed by atoms with Gasteiger partial charge < -0.3 is 10.2 Å². The van der Waals surface area contributed by atoms with Crippen molar-refractivity contribution in [3.63, 3.8) is 0 Å². The van der Waals surface area contributed by atoms with Gasteiger partial charge in [0.25, 0.3) is 0 Å². The van der Waals surface area contributed by atoms with Gasteiger partial charge in [-0.1, -0.05) is 95.9 Å². The van der Waals surface area contributed by atoms with Crippen LogP contribution in [0.4, 0.5) is 0 Å². The highest BCUT2D eigenvalue weighted by Crippen LogP contribution is 2.48. The number of aliphatic imine (C=N–C) groups is 1. The maximum atomic E-state index is 5.24. The minimum absolute atomic E-state index is 0.0663. The Morgan fingerprint density at radius 3 is 2.14 bits per heavy atom. The third kappa shape index (κ3) is 4.65. The van der Waals surface area contributed by atoms with Gasteiger partial charge in [0.1, 0.15) is 0 Å². The van der Waals surface area contributed by atoms with Gasteiger partial charge in [0, 0.05) is 31.9 Å². The van der Waals surface area contributed by atoms with Gasteiger partial charge in [-0.15, -0.1) is 0 Å². The van der Waals surface area contributed by atoms with Crippen molar-refractivity contribution >= 4 is 76.5 Å². The summed E-state index contributed by atoms with van der Waals surface area (Å²) in [7, 11) is 0. The summed E-state index contributed by atoms with van der Waals surface area (Å²) in [4.78, 5) is 7.65. The molecular formula is C28H20Br3N3S. The van der Waals surface area contributed by atoms with Crippen molar-refractivity contribution in [1.82, 2.24) is 10.2 Å². The Bertz CT molecular complexity index is 1410. The second-order valence-electron chi connectivity index (χ2n) is 8.54. The summed E-state index contributed by atoms with van der Waals surface area (Å²) in [6.07, 6.45) is 2.26. The Morgan fingerprint density at radius 2 is 1.46 bits per heavy atom. The van der Waals surface area contributed by atoms with E-state index in [0.717, 1.165) is 37.4 Å². The first-order valence-electron chi connectivity index (χ1n) is 11.2. The molecule has 0 aliphatic carbocycles. The molecule has 3 aromatic rings. The number of benzene rings is 3. The molecule has 0 spiro atoms. The van der Waals surface area contributed by atoms with E-state index in [-0.39, 0.29) is 6.04 Å². The molecule has 0 amide bonds. The molecule has 7 heteroatoms. The fourth-order valence-electron chi connectivity index (χ4n) is 4.68. The van der Waals surface area contributed by atoms with Crippen LogP contribution < -0.4 is 5.32 Å². The number of fused-ring (bicyclic) bond motifs is 1. The van der Waals surface area contributed by atoms with Crippen LogP contribution in [0.2, 0.25) is 0 Å². The predicted molar refractivity (Wildman–Crippen MR) is 158 cm³/mol. The van der Waals surface area contributed by atoms with E-state index in [4.69, 9.17) is 4.99 Å². The van der Waals surface area contributed by atoms with E-state index in [2.05, 4.69) is 142 Å². The zero-order valence-corrected chi connectivity index (χ0v) is 24.1. The van der Waals surface area contributed by atoms with Crippen LogP contribution in [0.15, 0.2) is 113 Å². The van der Waals surface area contributed by atoms with Crippen LogP contribution >= 0.6 is 59.6 Å². The lowest BCUT2D eigenvalue weighted by molar-refractivity contribution is 0.462. The van der Waals surface area contributed by atoms with Gasteiger partial charge >= 0.3 is 0 Å². The van der Waals surface area contributed by atoms with E-state index < -0.39 is 0 Å². The fraction of sp³-hybridized carbons (Fsp3) is 0.107. The van der Waals surface area contributed by atoms with Crippen molar-refractivity contribution in [2.75, 3.05) is 13.1 Å². The van der Waals surface area contributed by atoms with Gasteiger partial charge in [-0.25, -0.2) is 4.99 Å². The van der Waals surface area contributed by atoms with Crippen molar-refractivity contribution < 1.29 is 0 Å². The number of thioether (sulfide) groups is 1. The smallest absolute Gasteiger partial charge is 0.174 e. The molecule has 174 valence electrons. The number of nitrogens with zero attached hydrogens (tertiary/aromatic N) is 2. The third-order valence-corrected chi connectivity index (χ3v) is 8.74. The van der Waals surface area contributed by atoms with Crippen LogP contribution in [-0.2, 0) is 0 Å². The number of amidine groups is 1. The van der Waals surface area contributed by atoms with E-state index in [1.807, 2.05) is 0 Å². The molecule has 3 aromatic carbocycles. The summed E-state index contributed by atoms with van der Waals surface area (Å²) in [6.45, 7) is 1.61. The lowest BCUT2D eigenvalue weighted by Crippen LogP contribution is -2.40. The molecule has 0 saturated carbocycles. The first-order chi connectivity index (χ1) is 17.1. The first-order valence-corrected chi connectivity index (χ1v) is 14.5. The molecule has 3 heterocycles. The van der Waals surface area contributed by atoms with E-state index in [1.165, 1.54) is 33.5 Å². The minimum atomic E-state index is 0.0663. The Morgan fingerprint density at radius 1 is 0.829 bits per heavy atom. The Hall–Kier alpha value is -1.90. The van der Waals surface area contributed by atoms with Crippen molar-refractivity contribution in [2.45, 2.75) is 6.04 Å². The summed E-state index contributed by atoms with van der Waals surface area (Å²) in [5, 5.41) is 6.91. The lowest BCUT2D eigenvalue weighted by atomic mass is 9.88. The predicted octanol–water partition coefficient (Wildman–Crippen LogP) is 8.37. The van der Waals surface area contributed by atoms with E-state index in [0.29, 0.717) is 0 Å². The quantitative estimate of drug-likeness (QED) is 0.304. The Labute approximate surface area is 234 Å². The van der Waals surface area contributed by atoms with Gasteiger partial charge in [-0.2, -0.15) is 0 Å². The standard InChI is InChI=1S/C28H20Br3N3S/c29-21-7-1-17(2-8-21)13-20-14-32-15-24-26(20)33-28-34(27(24)19-5-11-23(31)12-6-19)25(16-35-28)18-3-9-22(30)10-4-18/h1-13,16,27,32H,14-15H2/b20-13-. The molecule has 35 heavy (non-hydrogen) atoms. The molecule has 1 unspecified atom stereocenters. The van der Waals surface area contributed by atoms with Crippen LogP contribution in [0, 0.1) is 0 Å². The molecule has 0 saturated heterocycles. The minimum Gasteiger partial charge on any atom is -0.309 e. The van der Waals surface area contributed by atoms with Crippen LogP contribution in [0.3, 0.4) is 0 Å². The fourth-order valence-corrected chi connectivity index (χ4v) is 6.41. The average molecular weight is 670 g/mol. The maximum absolute atomic E-state index is 5.24. The second kappa shape index (κ2) is 9.87. The maximum Gasteiger partial charge on any atom is 0.174 e. The van der Waals surface area contributed by atoms with Gasteiger partial charge in [0.15, 0.2) is 5.17 Å². The van der Waals surface area contributed by atoms with Gasteiger partial charge in [-0.3, -0.25) is 0 Å². The van der Waals surface area contributed by atoms with Gasteiger partial charge in [0.05, 0.1) is 17.4 Å². The molecule has 0 aromatic heterocycles. The van der Waals surface area contributed by atoms with Crippen molar-refractivity contribution in [2.24, 2.45) is 4.99 Å².